The monoisotopic (exact) mass is 172 g/mol. The van der Waals surface area contributed by atoms with Crippen molar-refractivity contribution >= 4 is 23.5 Å². The van der Waals surface area contributed by atoms with Crippen LogP contribution in [0.3, 0.4) is 0 Å². The van der Waals surface area contributed by atoms with Gasteiger partial charge in [0, 0.05) is 7.05 Å². The molecule has 11 heavy (non-hydrogen) atoms. The predicted molar refractivity (Wildman–Crippen MR) is 42.8 cm³/mol. The van der Waals surface area contributed by atoms with E-state index in [9.17, 15) is 4.79 Å². The van der Waals surface area contributed by atoms with Gasteiger partial charge in [0.15, 0.2) is 0 Å². The summed E-state index contributed by atoms with van der Waals surface area (Å²) in [6.07, 6.45) is -0.447. The number of nitrogens with zero attached hydrogens (tertiary/aromatic N) is 2. The second-order valence-corrected chi connectivity index (χ2v) is 2.50. The number of amides is 1. The van der Waals surface area contributed by atoms with E-state index in [4.69, 9.17) is 4.74 Å². The Morgan fingerprint density at radius 3 is 3.18 bits per heavy atom. The van der Waals surface area contributed by atoms with Crippen LogP contribution in [0.15, 0.2) is 4.99 Å². The summed E-state index contributed by atoms with van der Waals surface area (Å²) in [6.45, 7) is 0.999. The highest BCUT2D eigenvalue weighted by molar-refractivity contribution is 7.78. The number of cyclic esters (lactones) is 1. The van der Waals surface area contributed by atoms with Crippen molar-refractivity contribution in [1.29, 1.82) is 0 Å². The summed E-state index contributed by atoms with van der Waals surface area (Å²) in [5.74, 6) is 0. The second kappa shape index (κ2) is 3.46. The molecule has 0 aromatic heterocycles. The quantitative estimate of drug-likeness (QED) is 0.451. The highest BCUT2D eigenvalue weighted by Gasteiger charge is 2.27. The van der Waals surface area contributed by atoms with Crippen LogP contribution in [-0.4, -0.2) is 42.4 Å². The molecule has 1 saturated heterocycles. The molecule has 0 spiro atoms. The Bertz CT molecular complexity index is 211. The average Bonchev–Trinajstić information content (AvgIpc) is 2.28. The van der Waals surface area contributed by atoms with Crippen molar-refractivity contribution in [3.63, 3.8) is 0 Å². The first-order valence-corrected chi connectivity index (χ1v) is 3.60. The average molecular weight is 172 g/mol. The molecule has 0 radical (unpaired) electrons. The molecular weight excluding hydrogens is 164 g/mol. The van der Waals surface area contributed by atoms with Gasteiger partial charge in [-0.05, 0) is 12.2 Å². The summed E-state index contributed by atoms with van der Waals surface area (Å²) in [7, 11) is 1.68. The van der Waals surface area contributed by atoms with E-state index in [2.05, 4.69) is 22.4 Å². The lowest BCUT2D eigenvalue weighted by Crippen LogP contribution is -2.20. The third-order valence-electron chi connectivity index (χ3n) is 1.42. The van der Waals surface area contributed by atoms with E-state index in [1.165, 1.54) is 4.90 Å². The van der Waals surface area contributed by atoms with Crippen LogP contribution in [0.2, 0.25) is 0 Å². The summed E-state index contributed by atoms with van der Waals surface area (Å²) in [5, 5.41) is 2.22. The van der Waals surface area contributed by atoms with Crippen LogP contribution >= 0.6 is 12.2 Å². The molecule has 4 nitrogen and oxygen atoms in total. The molecular formula is C6H8N2O2S. The molecule has 1 heterocycles. The second-order valence-electron chi connectivity index (χ2n) is 2.32. The van der Waals surface area contributed by atoms with Crippen molar-refractivity contribution in [2.75, 3.05) is 20.1 Å². The molecule has 1 rings (SSSR count). The number of likely N-dealkylation sites (N-methyl/N-ethyl adjacent to an activating group) is 1. The minimum atomic E-state index is -0.297. The Hall–Kier alpha value is -0.930. The molecule has 0 saturated carbocycles. The minimum Gasteiger partial charge on any atom is -0.442 e. The fourth-order valence-corrected chi connectivity index (χ4v) is 0.958. The Morgan fingerprint density at radius 1 is 2.00 bits per heavy atom. The molecule has 5 heteroatoms. The number of rotatable bonds is 2. The standard InChI is InChI=1S/C6H8N2O2S/c1-8-3-5(2-7-4-11)10-6(8)9/h5H,2-3H2,1H3/t5-/m0/s1. The lowest BCUT2D eigenvalue weighted by Gasteiger charge is -2.01. The van der Waals surface area contributed by atoms with Crippen molar-refractivity contribution in [2.24, 2.45) is 4.99 Å². The summed E-state index contributed by atoms with van der Waals surface area (Å²) in [6, 6.07) is 0. The van der Waals surface area contributed by atoms with Gasteiger partial charge in [0.05, 0.1) is 18.3 Å². The maximum atomic E-state index is 10.8. The van der Waals surface area contributed by atoms with Crippen molar-refractivity contribution in [1.82, 2.24) is 4.90 Å². The van der Waals surface area contributed by atoms with Gasteiger partial charge in [0.1, 0.15) is 6.10 Å². The van der Waals surface area contributed by atoms with Crippen LogP contribution in [0.25, 0.3) is 0 Å². The molecule has 1 amide bonds. The van der Waals surface area contributed by atoms with E-state index in [0.717, 1.165) is 0 Å². The maximum absolute atomic E-state index is 10.8. The van der Waals surface area contributed by atoms with Crippen LogP contribution in [0.4, 0.5) is 4.79 Å². The third kappa shape index (κ3) is 2.00. The van der Waals surface area contributed by atoms with Crippen molar-refractivity contribution in [3.05, 3.63) is 0 Å². The number of carbonyl (C=O) groups excluding carboxylic acids is 1. The molecule has 1 atom stereocenters. The Morgan fingerprint density at radius 2 is 2.73 bits per heavy atom. The van der Waals surface area contributed by atoms with Gasteiger partial charge in [-0.25, -0.2) is 9.79 Å². The summed E-state index contributed by atoms with van der Waals surface area (Å²) >= 11 is 4.37. The largest absolute Gasteiger partial charge is 0.442 e. The van der Waals surface area contributed by atoms with Gasteiger partial charge < -0.3 is 9.64 Å². The number of thiocarbonyl (C=S) groups is 1. The zero-order valence-corrected chi connectivity index (χ0v) is 6.93. The van der Waals surface area contributed by atoms with Gasteiger partial charge in [-0.15, -0.1) is 0 Å². The summed E-state index contributed by atoms with van der Waals surface area (Å²) in [5.41, 5.74) is 0. The van der Waals surface area contributed by atoms with Crippen LogP contribution in [0, 0.1) is 0 Å². The smallest absolute Gasteiger partial charge is 0.410 e. The van der Waals surface area contributed by atoms with Crippen LogP contribution in [0.1, 0.15) is 0 Å². The van der Waals surface area contributed by atoms with Gasteiger partial charge >= 0.3 is 6.09 Å². The number of hydrogen-bond donors (Lipinski definition) is 0. The number of aliphatic imine (C=N–C) groups is 1. The summed E-state index contributed by atoms with van der Waals surface area (Å²) in [4.78, 5) is 16.0. The third-order valence-corrected chi connectivity index (χ3v) is 1.55. The number of isothiocyanates is 1. The van der Waals surface area contributed by atoms with Gasteiger partial charge in [-0.3, -0.25) is 0 Å². The molecule has 1 aliphatic heterocycles. The molecule has 0 N–H and O–H groups in total. The topological polar surface area (TPSA) is 41.9 Å². The van der Waals surface area contributed by atoms with Crippen LogP contribution < -0.4 is 0 Å². The fraction of sp³-hybridized carbons (Fsp3) is 0.667. The first-order valence-electron chi connectivity index (χ1n) is 3.19. The molecule has 1 aliphatic rings. The van der Waals surface area contributed by atoms with Crippen molar-refractivity contribution < 1.29 is 9.53 Å². The maximum Gasteiger partial charge on any atom is 0.410 e. The van der Waals surface area contributed by atoms with Crippen molar-refractivity contribution in [2.45, 2.75) is 6.10 Å². The summed E-state index contributed by atoms with van der Waals surface area (Å²) < 4.78 is 4.88. The first-order chi connectivity index (χ1) is 5.24. The Balaban J connectivity index is 2.40. The zero-order chi connectivity index (χ0) is 8.27. The Labute approximate surface area is 69.8 Å². The predicted octanol–water partition coefficient (Wildman–Crippen LogP) is 0.540. The fourth-order valence-electron chi connectivity index (χ4n) is 0.884. The molecule has 0 bridgehead atoms. The van der Waals surface area contributed by atoms with Gasteiger partial charge in [-0.1, -0.05) is 0 Å². The van der Waals surface area contributed by atoms with E-state index in [0.29, 0.717) is 13.1 Å². The molecule has 1 fully saturated rings. The highest BCUT2D eigenvalue weighted by Crippen LogP contribution is 2.08. The zero-order valence-electron chi connectivity index (χ0n) is 6.11. The highest BCUT2D eigenvalue weighted by atomic mass is 32.1. The van der Waals surface area contributed by atoms with Crippen molar-refractivity contribution in [3.8, 4) is 0 Å². The molecule has 0 aromatic rings. The van der Waals surface area contributed by atoms with E-state index in [1.54, 1.807) is 7.05 Å². The molecule has 0 unspecified atom stereocenters. The number of ether oxygens (including phenoxy) is 1. The SMILES string of the molecule is CN1C[C@H](CN=C=S)OC1=O. The first kappa shape index (κ1) is 8.17. The van der Waals surface area contributed by atoms with Crippen LogP contribution in [-0.2, 0) is 4.74 Å². The Kier molecular flexibility index (Phi) is 2.57. The molecule has 0 aliphatic carbocycles. The lowest BCUT2D eigenvalue weighted by atomic mass is 10.3. The van der Waals surface area contributed by atoms with Gasteiger partial charge in [0.2, 0.25) is 0 Å². The molecule has 60 valence electrons. The number of hydrogen-bond acceptors (Lipinski definition) is 4. The van der Waals surface area contributed by atoms with Gasteiger partial charge in [-0.2, -0.15) is 0 Å². The van der Waals surface area contributed by atoms with E-state index >= 15 is 0 Å². The van der Waals surface area contributed by atoms with E-state index in [1.807, 2.05) is 0 Å². The van der Waals surface area contributed by atoms with Crippen LogP contribution in [0.5, 0.6) is 0 Å². The lowest BCUT2D eigenvalue weighted by molar-refractivity contribution is 0.137. The molecule has 0 aromatic carbocycles. The normalized spacial score (nSPS) is 22.8. The minimum absolute atomic E-state index is 0.150. The van der Waals surface area contributed by atoms with E-state index < -0.39 is 0 Å². The number of carbonyl (C=O) groups is 1. The van der Waals surface area contributed by atoms with E-state index in [-0.39, 0.29) is 12.2 Å². The van der Waals surface area contributed by atoms with Gasteiger partial charge in [0.25, 0.3) is 0 Å².